The summed E-state index contributed by atoms with van der Waals surface area (Å²) in [6.45, 7) is 0. The average molecular weight is 346 g/mol. The molecule has 2 aliphatic rings. The zero-order valence-electron chi connectivity index (χ0n) is 14.5. The molecular weight excluding hydrogens is 324 g/mol. The summed E-state index contributed by atoms with van der Waals surface area (Å²) in [5.74, 6) is 0.400. The Bertz CT molecular complexity index is 932. The van der Waals surface area contributed by atoms with Crippen molar-refractivity contribution in [3.05, 3.63) is 48.5 Å². The molecule has 2 heterocycles. The van der Waals surface area contributed by atoms with E-state index in [-0.39, 0.29) is 11.9 Å². The number of hydrogen-bond donors (Lipinski definition) is 3. The van der Waals surface area contributed by atoms with Gasteiger partial charge in [-0.3, -0.25) is 10.2 Å². The Labute approximate surface area is 152 Å². The SMILES string of the molecule is O=C(Nc1c2ccccc2nc2ccccc12)C1NNC2CCCCC21. The third-order valence-corrected chi connectivity index (χ3v) is 5.79. The summed E-state index contributed by atoms with van der Waals surface area (Å²) in [6, 6.07) is 16.2. The Morgan fingerprint density at radius 3 is 2.31 bits per heavy atom. The Balaban J connectivity index is 1.54. The van der Waals surface area contributed by atoms with Crippen LogP contribution in [0.15, 0.2) is 48.5 Å². The zero-order chi connectivity index (χ0) is 17.5. The fourth-order valence-corrected chi connectivity index (χ4v) is 4.48. The van der Waals surface area contributed by atoms with Crippen molar-refractivity contribution < 1.29 is 4.79 Å². The summed E-state index contributed by atoms with van der Waals surface area (Å²) in [5, 5.41) is 5.18. The van der Waals surface area contributed by atoms with Crippen molar-refractivity contribution in [2.24, 2.45) is 5.92 Å². The summed E-state index contributed by atoms with van der Waals surface area (Å²) in [7, 11) is 0. The first-order chi connectivity index (χ1) is 12.8. The van der Waals surface area contributed by atoms with E-state index < -0.39 is 0 Å². The van der Waals surface area contributed by atoms with E-state index in [9.17, 15) is 4.79 Å². The highest BCUT2D eigenvalue weighted by Gasteiger charge is 2.41. The number of aromatic nitrogens is 1. The summed E-state index contributed by atoms with van der Waals surface area (Å²) < 4.78 is 0. The van der Waals surface area contributed by atoms with Gasteiger partial charge < -0.3 is 5.32 Å². The van der Waals surface area contributed by atoms with Crippen LogP contribution in [-0.4, -0.2) is 23.0 Å². The van der Waals surface area contributed by atoms with E-state index in [1.807, 2.05) is 48.5 Å². The minimum atomic E-state index is -0.189. The fraction of sp³-hybridized carbons (Fsp3) is 0.333. The smallest absolute Gasteiger partial charge is 0.243 e. The van der Waals surface area contributed by atoms with Crippen LogP contribution in [0.5, 0.6) is 0 Å². The molecule has 3 N–H and O–H groups in total. The molecule has 5 heteroatoms. The van der Waals surface area contributed by atoms with Crippen molar-refractivity contribution in [3.63, 3.8) is 0 Å². The minimum absolute atomic E-state index is 0.0356. The van der Waals surface area contributed by atoms with Gasteiger partial charge in [-0.1, -0.05) is 49.2 Å². The van der Waals surface area contributed by atoms with Crippen molar-refractivity contribution in [3.8, 4) is 0 Å². The first kappa shape index (κ1) is 15.7. The van der Waals surface area contributed by atoms with Crippen LogP contribution < -0.4 is 16.2 Å². The highest BCUT2D eigenvalue weighted by Crippen LogP contribution is 2.33. The van der Waals surface area contributed by atoms with Crippen LogP contribution in [0, 0.1) is 5.92 Å². The number of hydrogen-bond acceptors (Lipinski definition) is 4. The molecule has 1 amide bonds. The van der Waals surface area contributed by atoms with Gasteiger partial charge in [-0.15, -0.1) is 0 Å². The van der Waals surface area contributed by atoms with Gasteiger partial charge in [0.25, 0.3) is 0 Å². The van der Waals surface area contributed by atoms with E-state index in [4.69, 9.17) is 4.98 Å². The molecule has 5 nitrogen and oxygen atoms in total. The number of nitrogens with zero attached hydrogens (tertiary/aromatic N) is 1. The Kier molecular flexibility index (Phi) is 3.84. The van der Waals surface area contributed by atoms with Crippen LogP contribution in [0.1, 0.15) is 25.7 Å². The van der Waals surface area contributed by atoms with Crippen LogP contribution >= 0.6 is 0 Å². The molecule has 132 valence electrons. The van der Waals surface area contributed by atoms with Crippen LogP contribution in [0.4, 0.5) is 5.69 Å². The number of fused-ring (bicyclic) bond motifs is 3. The number of rotatable bonds is 2. The molecule has 2 aromatic carbocycles. The Morgan fingerprint density at radius 1 is 0.923 bits per heavy atom. The maximum Gasteiger partial charge on any atom is 0.243 e. The van der Waals surface area contributed by atoms with Crippen molar-refractivity contribution in [2.75, 3.05) is 5.32 Å². The largest absolute Gasteiger partial charge is 0.323 e. The lowest BCUT2D eigenvalue weighted by molar-refractivity contribution is -0.118. The number of carbonyl (C=O) groups is 1. The predicted octanol–water partition coefficient (Wildman–Crippen LogP) is 3.36. The second-order valence-corrected chi connectivity index (χ2v) is 7.33. The summed E-state index contributed by atoms with van der Waals surface area (Å²) in [6.07, 6.45) is 4.68. The lowest BCUT2D eigenvalue weighted by Crippen LogP contribution is -2.42. The van der Waals surface area contributed by atoms with Gasteiger partial charge in [0.05, 0.1) is 16.7 Å². The maximum atomic E-state index is 13.1. The molecule has 3 aromatic rings. The number of carbonyl (C=O) groups excluding carboxylic acids is 1. The molecule has 26 heavy (non-hydrogen) atoms. The number of amides is 1. The molecule has 1 saturated heterocycles. The topological polar surface area (TPSA) is 66.0 Å². The van der Waals surface area contributed by atoms with E-state index in [2.05, 4.69) is 16.2 Å². The van der Waals surface area contributed by atoms with Crippen LogP contribution in [0.2, 0.25) is 0 Å². The standard InChI is InChI=1S/C21H22N4O/c26-21(20-15-9-3-6-12-18(15)24-25-20)23-19-13-7-1-4-10-16(13)22-17-11-5-2-8-14(17)19/h1-2,4-5,7-8,10-11,15,18,20,24-25H,3,6,9,12H2,(H,22,23,26). The van der Waals surface area contributed by atoms with E-state index in [0.29, 0.717) is 12.0 Å². The lowest BCUT2D eigenvalue weighted by Gasteiger charge is -2.26. The molecule has 3 unspecified atom stereocenters. The van der Waals surface area contributed by atoms with E-state index in [1.165, 1.54) is 12.8 Å². The molecule has 0 spiro atoms. The van der Waals surface area contributed by atoms with Crippen LogP contribution in [0.25, 0.3) is 21.8 Å². The maximum absolute atomic E-state index is 13.1. The fourth-order valence-electron chi connectivity index (χ4n) is 4.48. The van der Waals surface area contributed by atoms with E-state index in [0.717, 1.165) is 40.3 Å². The molecule has 0 bridgehead atoms. The van der Waals surface area contributed by atoms with E-state index >= 15 is 0 Å². The molecule has 1 aromatic heterocycles. The lowest BCUT2D eigenvalue weighted by atomic mass is 9.81. The molecular formula is C21H22N4O. The molecule has 5 rings (SSSR count). The number of pyridine rings is 1. The van der Waals surface area contributed by atoms with Gasteiger partial charge in [0.15, 0.2) is 0 Å². The number of benzene rings is 2. The normalized spacial score (nSPS) is 25.3. The Hall–Kier alpha value is -2.50. The Morgan fingerprint density at radius 2 is 1.58 bits per heavy atom. The molecule has 1 saturated carbocycles. The minimum Gasteiger partial charge on any atom is -0.323 e. The summed E-state index contributed by atoms with van der Waals surface area (Å²) in [4.78, 5) is 17.9. The van der Waals surface area contributed by atoms with Gasteiger partial charge >= 0.3 is 0 Å². The second kappa shape index (κ2) is 6.34. The van der Waals surface area contributed by atoms with Crippen LogP contribution in [0.3, 0.4) is 0 Å². The van der Waals surface area contributed by atoms with Gasteiger partial charge in [0.2, 0.25) is 5.91 Å². The highest BCUT2D eigenvalue weighted by molar-refractivity contribution is 6.13. The number of anilines is 1. The third-order valence-electron chi connectivity index (χ3n) is 5.79. The summed E-state index contributed by atoms with van der Waals surface area (Å²) in [5.41, 5.74) is 9.22. The van der Waals surface area contributed by atoms with E-state index in [1.54, 1.807) is 0 Å². The second-order valence-electron chi connectivity index (χ2n) is 7.33. The van der Waals surface area contributed by atoms with Crippen LogP contribution in [-0.2, 0) is 4.79 Å². The first-order valence-corrected chi connectivity index (χ1v) is 9.41. The third kappa shape index (κ3) is 2.55. The molecule has 1 aliphatic carbocycles. The zero-order valence-corrected chi connectivity index (χ0v) is 14.5. The van der Waals surface area contributed by atoms with Crippen molar-refractivity contribution in [1.82, 2.24) is 15.8 Å². The average Bonchev–Trinajstić information content (AvgIpc) is 3.12. The van der Waals surface area contributed by atoms with Gasteiger partial charge in [0, 0.05) is 22.7 Å². The monoisotopic (exact) mass is 346 g/mol. The number of hydrazine groups is 1. The molecule has 3 atom stereocenters. The van der Waals surface area contributed by atoms with Crippen molar-refractivity contribution in [2.45, 2.75) is 37.8 Å². The van der Waals surface area contributed by atoms with Gasteiger partial charge in [-0.25, -0.2) is 10.4 Å². The highest BCUT2D eigenvalue weighted by atomic mass is 16.2. The molecule has 1 aliphatic heterocycles. The summed E-state index contributed by atoms with van der Waals surface area (Å²) >= 11 is 0. The van der Waals surface area contributed by atoms with Crippen molar-refractivity contribution in [1.29, 1.82) is 0 Å². The van der Waals surface area contributed by atoms with Gasteiger partial charge in [-0.2, -0.15) is 0 Å². The first-order valence-electron chi connectivity index (χ1n) is 9.41. The van der Waals surface area contributed by atoms with Crippen molar-refractivity contribution >= 4 is 33.4 Å². The molecule has 0 radical (unpaired) electrons. The van der Waals surface area contributed by atoms with Gasteiger partial charge in [0.1, 0.15) is 6.04 Å². The quantitative estimate of drug-likeness (QED) is 0.623. The number of nitrogens with one attached hydrogen (secondary N) is 3. The van der Waals surface area contributed by atoms with Gasteiger partial charge in [-0.05, 0) is 25.0 Å². The predicted molar refractivity (Wildman–Crippen MR) is 104 cm³/mol. The molecule has 2 fully saturated rings. The number of para-hydroxylation sites is 2.